The highest BCUT2D eigenvalue weighted by atomic mass is 35.5. The molecule has 4 nitrogen and oxygen atoms in total. The Bertz CT molecular complexity index is 784. The van der Waals surface area contributed by atoms with Gasteiger partial charge in [0.2, 0.25) is 0 Å². The van der Waals surface area contributed by atoms with Crippen LogP contribution >= 0.6 is 11.6 Å². The van der Waals surface area contributed by atoms with Crippen LogP contribution in [0.4, 0.5) is 4.39 Å². The summed E-state index contributed by atoms with van der Waals surface area (Å²) in [6, 6.07) is 9.50. The Labute approximate surface area is 157 Å². The Balaban J connectivity index is 2.31. The fraction of sp³-hybridized carbons (Fsp3) is 0.350. The van der Waals surface area contributed by atoms with Crippen LogP contribution in [0.2, 0.25) is 5.02 Å². The first kappa shape index (κ1) is 20.2. The van der Waals surface area contributed by atoms with E-state index in [1.54, 1.807) is 58.2 Å². The van der Waals surface area contributed by atoms with Crippen molar-refractivity contribution in [3.63, 3.8) is 0 Å². The molecular formula is C20H22ClFO4. The summed E-state index contributed by atoms with van der Waals surface area (Å²) in [7, 11) is 1.57. The zero-order valence-electron chi connectivity index (χ0n) is 15.3. The lowest BCUT2D eigenvalue weighted by Crippen LogP contribution is -2.27. The van der Waals surface area contributed by atoms with E-state index in [9.17, 15) is 9.18 Å². The highest BCUT2D eigenvalue weighted by Gasteiger charge is 2.18. The Kier molecular flexibility index (Phi) is 6.62. The lowest BCUT2D eigenvalue weighted by Gasteiger charge is -2.20. The van der Waals surface area contributed by atoms with E-state index in [4.69, 9.17) is 25.8 Å². The molecule has 6 heteroatoms. The maximum atomic E-state index is 14.4. The SMILES string of the molecule is COCc1ccc(F)c(-c2cc(Cl)ccc2OCC(=O)OC(C)(C)C)c1. The summed E-state index contributed by atoms with van der Waals surface area (Å²) >= 11 is 6.08. The minimum atomic E-state index is -0.607. The van der Waals surface area contributed by atoms with Gasteiger partial charge < -0.3 is 14.2 Å². The van der Waals surface area contributed by atoms with Crippen molar-refractivity contribution in [2.24, 2.45) is 0 Å². The predicted octanol–water partition coefficient (Wildman–Crippen LogP) is 5.01. The molecule has 26 heavy (non-hydrogen) atoms. The molecule has 140 valence electrons. The summed E-state index contributed by atoms with van der Waals surface area (Å²) in [5.41, 5.74) is 0.976. The van der Waals surface area contributed by atoms with Crippen molar-refractivity contribution in [3.05, 3.63) is 52.8 Å². The minimum absolute atomic E-state index is 0.286. The van der Waals surface area contributed by atoms with Crippen molar-refractivity contribution in [3.8, 4) is 16.9 Å². The number of ether oxygens (including phenoxy) is 3. The molecule has 2 aromatic rings. The van der Waals surface area contributed by atoms with Gasteiger partial charge in [-0.3, -0.25) is 0 Å². The first-order chi connectivity index (χ1) is 12.2. The molecule has 0 spiro atoms. The summed E-state index contributed by atoms with van der Waals surface area (Å²) < 4.78 is 30.3. The maximum Gasteiger partial charge on any atom is 0.344 e. The van der Waals surface area contributed by atoms with Crippen LogP contribution in [0.1, 0.15) is 26.3 Å². The van der Waals surface area contributed by atoms with Crippen molar-refractivity contribution >= 4 is 17.6 Å². The Morgan fingerprint density at radius 1 is 1.12 bits per heavy atom. The molecule has 0 amide bonds. The number of methoxy groups -OCH3 is 1. The zero-order chi connectivity index (χ0) is 19.3. The average molecular weight is 381 g/mol. The number of benzene rings is 2. The molecule has 0 aromatic heterocycles. The third-order valence-electron chi connectivity index (χ3n) is 3.34. The number of halogens is 2. The van der Waals surface area contributed by atoms with Crippen LogP contribution in [-0.2, 0) is 20.9 Å². The van der Waals surface area contributed by atoms with Crippen LogP contribution in [0, 0.1) is 5.82 Å². The number of hydrogen-bond acceptors (Lipinski definition) is 4. The van der Waals surface area contributed by atoms with Crippen molar-refractivity contribution in [2.45, 2.75) is 33.0 Å². The van der Waals surface area contributed by atoms with Crippen LogP contribution in [0.5, 0.6) is 5.75 Å². The van der Waals surface area contributed by atoms with E-state index in [2.05, 4.69) is 0 Å². The van der Waals surface area contributed by atoms with Gasteiger partial charge in [0.05, 0.1) is 6.61 Å². The number of carbonyl (C=O) groups excluding carboxylic acids is 1. The molecular weight excluding hydrogens is 359 g/mol. The van der Waals surface area contributed by atoms with E-state index in [1.807, 2.05) is 0 Å². The molecule has 0 unspecified atom stereocenters. The molecule has 0 N–H and O–H groups in total. The van der Waals surface area contributed by atoms with Gasteiger partial charge in [0.15, 0.2) is 6.61 Å². The summed E-state index contributed by atoms with van der Waals surface area (Å²) in [6.45, 7) is 5.38. The van der Waals surface area contributed by atoms with Gasteiger partial charge in [-0.2, -0.15) is 0 Å². The van der Waals surface area contributed by atoms with Crippen LogP contribution in [0.15, 0.2) is 36.4 Å². The van der Waals surface area contributed by atoms with Crippen molar-refractivity contribution in [1.29, 1.82) is 0 Å². The molecule has 0 aliphatic rings. The number of carbonyl (C=O) groups is 1. The second kappa shape index (κ2) is 8.52. The second-order valence-electron chi connectivity index (χ2n) is 6.76. The first-order valence-electron chi connectivity index (χ1n) is 8.11. The van der Waals surface area contributed by atoms with Gasteiger partial charge in [0.1, 0.15) is 17.2 Å². The monoisotopic (exact) mass is 380 g/mol. The van der Waals surface area contributed by atoms with Gasteiger partial charge in [-0.15, -0.1) is 0 Å². The molecule has 0 atom stereocenters. The van der Waals surface area contributed by atoms with Crippen molar-refractivity contribution < 1.29 is 23.4 Å². The third kappa shape index (κ3) is 5.71. The van der Waals surface area contributed by atoms with E-state index in [0.29, 0.717) is 28.5 Å². The molecule has 2 aromatic carbocycles. The molecule has 0 heterocycles. The lowest BCUT2D eigenvalue weighted by molar-refractivity contribution is -0.157. The standard InChI is InChI=1S/C20H22ClFO4/c1-20(2,3)26-19(23)12-25-18-8-6-14(21)10-16(18)15-9-13(11-24-4)5-7-17(15)22/h5-10H,11-12H2,1-4H3. The molecule has 2 rings (SSSR count). The topological polar surface area (TPSA) is 44.8 Å². The summed E-state index contributed by atoms with van der Waals surface area (Å²) in [5.74, 6) is -0.588. The van der Waals surface area contributed by atoms with E-state index in [0.717, 1.165) is 5.56 Å². The molecule has 0 saturated carbocycles. The van der Waals surface area contributed by atoms with Crippen LogP contribution < -0.4 is 4.74 Å². The van der Waals surface area contributed by atoms with Crippen LogP contribution in [-0.4, -0.2) is 25.3 Å². The number of rotatable bonds is 6. The normalized spacial score (nSPS) is 11.3. The van der Waals surface area contributed by atoms with E-state index < -0.39 is 17.4 Å². The first-order valence-corrected chi connectivity index (χ1v) is 8.49. The molecule has 0 aliphatic heterocycles. The summed E-state index contributed by atoms with van der Waals surface area (Å²) in [5, 5.41) is 0.432. The lowest BCUT2D eigenvalue weighted by atomic mass is 10.0. The van der Waals surface area contributed by atoms with Gasteiger partial charge in [-0.25, -0.2) is 9.18 Å². The van der Waals surface area contributed by atoms with Gasteiger partial charge >= 0.3 is 5.97 Å². The fourth-order valence-electron chi connectivity index (χ4n) is 2.38. The van der Waals surface area contributed by atoms with Crippen molar-refractivity contribution in [2.75, 3.05) is 13.7 Å². The van der Waals surface area contributed by atoms with Gasteiger partial charge in [-0.05, 0) is 56.7 Å². The van der Waals surface area contributed by atoms with E-state index >= 15 is 0 Å². The van der Waals surface area contributed by atoms with Crippen LogP contribution in [0.25, 0.3) is 11.1 Å². The predicted molar refractivity (Wildman–Crippen MR) is 98.9 cm³/mol. The quantitative estimate of drug-likeness (QED) is 0.660. The third-order valence-corrected chi connectivity index (χ3v) is 3.57. The van der Waals surface area contributed by atoms with E-state index in [1.165, 1.54) is 6.07 Å². The Morgan fingerprint density at radius 3 is 2.50 bits per heavy atom. The molecule has 0 radical (unpaired) electrons. The van der Waals surface area contributed by atoms with E-state index in [-0.39, 0.29) is 6.61 Å². The molecule has 0 aliphatic carbocycles. The fourth-order valence-corrected chi connectivity index (χ4v) is 2.55. The average Bonchev–Trinajstić information content (AvgIpc) is 2.54. The Morgan fingerprint density at radius 2 is 1.85 bits per heavy atom. The van der Waals surface area contributed by atoms with Gasteiger partial charge in [0, 0.05) is 23.3 Å². The second-order valence-corrected chi connectivity index (χ2v) is 7.20. The minimum Gasteiger partial charge on any atom is -0.481 e. The summed E-state index contributed by atoms with van der Waals surface area (Å²) in [4.78, 5) is 11.9. The number of hydrogen-bond donors (Lipinski definition) is 0. The number of esters is 1. The largest absolute Gasteiger partial charge is 0.481 e. The van der Waals surface area contributed by atoms with Gasteiger partial charge in [0.25, 0.3) is 0 Å². The molecule has 0 saturated heterocycles. The molecule has 0 bridgehead atoms. The van der Waals surface area contributed by atoms with Crippen molar-refractivity contribution in [1.82, 2.24) is 0 Å². The molecule has 0 fully saturated rings. The summed E-state index contributed by atoms with van der Waals surface area (Å²) in [6.07, 6.45) is 0. The zero-order valence-corrected chi connectivity index (χ0v) is 16.0. The Hall–Kier alpha value is -2.11. The van der Waals surface area contributed by atoms with Crippen LogP contribution in [0.3, 0.4) is 0 Å². The maximum absolute atomic E-state index is 14.4. The highest BCUT2D eigenvalue weighted by Crippen LogP contribution is 2.35. The van der Waals surface area contributed by atoms with Gasteiger partial charge in [-0.1, -0.05) is 17.7 Å². The smallest absolute Gasteiger partial charge is 0.344 e. The highest BCUT2D eigenvalue weighted by molar-refractivity contribution is 6.31.